The van der Waals surface area contributed by atoms with E-state index in [1.165, 1.54) is 6.07 Å². The predicted octanol–water partition coefficient (Wildman–Crippen LogP) is 9.55. The molecule has 1 atom stereocenters. The molecule has 0 aromatic heterocycles. The first kappa shape index (κ1) is 36.4. The van der Waals surface area contributed by atoms with Crippen LogP contribution in [0.4, 0.5) is 13.2 Å². The van der Waals surface area contributed by atoms with E-state index in [0.29, 0.717) is 29.3 Å². The van der Waals surface area contributed by atoms with Gasteiger partial charge in [-0.1, -0.05) is 29.8 Å². The van der Waals surface area contributed by atoms with Crippen molar-refractivity contribution < 1.29 is 40.8 Å². The lowest BCUT2D eigenvalue weighted by molar-refractivity contribution is -0.139. The smallest absolute Gasteiger partial charge is 0.475 e. The molecule has 1 heterocycles. The van der Waals surface area contributed by atoms with Gasteiger partial charge in [0.2, 0.25) is 0 Å². The molecule has 1 aliphatic rings. The van der Waals surface area contributed by atoms with Crippen molar-refractivity contribution in [1.82, 2.24) is 0 Å². The molecule has 1 unspecified atom stereocenters. The van der Waals surface area contributed by atoms with Crippen molar-refractivity contribution in [2.75, 3.05) is 19.8 Å². The maximum absolute atomic E-state index is 14.1. The van der Waals surface area contributed by atoms with Crippen LogP contribution in [0.15, 0.2) is 41.4 Å². The van der Waals surface area contributed by atoms with Crippen LogP contribution in [0.3, 0.4) is 0 Å². The fourth-order valence-electron chi connectivity index (χ4n) is 4.63. The van der Waals surface area contributed by atoms with Gasteiger partial charge in [-0.2, -0.15) is 13.2 Å². The summed E-state index contributed by atoms with van der Waals surface area (Å²) in [7, 11) is -4.04. The molecular formula is C32H44ClF3NO6P. The highest BCUT2D eigenvalue weighted by atomic mass is 35.5. The normalized spacial score (nSPS) is 17.9. The molecule has 0 radical (unpaired) electrons. The van der Waals surface area contributed by atoms with E-state index in [1.54, 1.807) is 54.5 Å². The fraction of sp³-hybridized carbons (Fsp3) is 0.594. The topological polar surface area (TPSA) is 75.6 Å². The number of phosphoric ester groups is 1. The predicted molar refractivity (Wildman–Crippen MR) is 167 cm³/mol. The van der Waals surface area contributed by atoms with Gasteiger partial charge in [-0.05, 0) is 109 Å². The molecule has 0 N–H and O–H groups in total. The zero-order chi connectivity index (χ0) is 33.0. The number of aliphatic imine (C=N–C) groups is 1. The SMILES string of the molecule is CC1=NC(CCc2ccc(OCCCc3ccc(Cl)c(C)c3)c(C(F)(F)F)c2)(COP(=O)(OC(C)(C)C)OC(C)(C)C)CO1. The summed E-state index contributed by atoms with van der Waals surface area (Å²) in [4.78, 5) is 4.59. The lowest BCUT2D eigenvalue weighted by Crippen LogP contribution is -2.36. The highest BCUT2D eigenvalue weighted by molar-refractivity contribution is 7.48. The number of hydrogen-bond acceptors (Lipinski definition) is 7. The van der Waals surface area contributed by atoms with Crippen LogP contribution < -0.4 is 4.74 Å². The van der Waals surface area contributed by atoms with Gasteiger partial charge in [0, 0.05) is 11.9 Å². The lowest BCUT2D eigenvalue weighted by atomic mass is 9.93. The second-order valence-corrected chi connectivity index (χ2v) is 15.1. The monoisotopic (exact) mass is 661 g/mol. The van der Waals surface area contributed by atoms with Gasteiger partial charge in [-0.25, -0.2) is 9.56 Å². The summed E-state index contributed by atoms with van der Waals surface area (Å²) < 4.78 is 84.3. The average Bonchev–Trinajstić information content (AvgIpc) is 3.25. The van der Waals surface area contributed by atoms with Gasteiger partial charge in [-0.15, -0.1) is 0 Å². The van der Waals surface area contributed by atoms with Gasteiger partial charge in [0.15, 0.2) is 5.90 Å². The molecule has 44 heavy (non-hydrogen) atoms. The van der Waals surface area contributed by atoms with Crippen LogP contribution in [0.5, 0.6) is 5.75 Å². The first-order valence-corrected chi connectivity index (χ1v) is 16.4. The van der Waals surface area contributed by atoms with Crippen molar-refractivity contribution >= 4 is 25.3 Å². The number of rotatable bonds is 13. The van der Waals surface area contributed by atoms with Crippen LogP contribution >= 0.6 is 19.4 Å². The molecule has 0 bridgehead atoms. The van der Waals surface area contributed by atoms with E-state index in [4.69, 9.17) is 34.6 Å². The minimum absolute atomic E-state index is 0.115. The van der Waals surface area contributed by atoms with Crippen LogP contribution in [0.25, 0.3) is 0 Å². The van der Waals surface area contributed by atoms with Crippen molar-refractivity contribution in [1.29, 1.82) is 0 Å². The molecule has 7 nitrogen and oxygen atoms in total. The molecule has 0 fully saturated rings. The minimum Gasteiger partial charge on any atom is -0.493 e. The van der Waals surface area contributed by atoms with E-state index < -0.39 is 36.3 Å². The van der Waals surface area contributed by atoms with E-state index in [1.807, 2.05) is 25.1 Å². The molecule has 0 saturated heterocycles. The Balaban J connectivity index is 1.71. The number of hydrogen-bond donors (Lipinski definition) is 0. The maximum atomic E-state index is 14.1. The highest BCUT2D eigenvalue weighted by Crippen LogP contribution is 2.56. The summed E-state index contributed by atoms with van der Waals surface area (Å²) in [6, 6.07) is 9.75. The van der Waals surface area contributed by atoms with Crippen molar-refractivity contribution in [3.63, 3.8) is 0 Å². The van der Waals surface area contributed by atoms with Crippen LogP contribution in [0.2, 0.25) is 5.02 Å². The molecule has 1 aliphatic heterocycles. The van der Waals surface area contributed by atoms with Crippen molar-refractivity contribution in [2.45, 2.75) is 104 Å². The summed E-state index contributed by atoms with van der Waals surface area (Å²) in [5.41, 5.74) is -1.05. The minimum atomic E-state index is -4.61. The quantitative estimate of drug-likeness (QED) is 0.157. The Morgan fingerprint density at radius 3 is 2.11 bits per heavy atom. The van der Waals surface area contributed by atoms with E-state index in [-0.39, 0.29) is 38.4 Å². The summed E-state index contributed by atoms with van der Waals surface area (Å²) in [6.07, 6.45) is -2.91. The Kier molecular flexibility index (Phi) is 11.7. The Bertz CT molecular complexity index is 1350. The highest BCUT2D eigenvalue weighted by Gasteiger charge is 2.43. The molecule has 246 valence electrons. The Morgan fingerprint density at radius 2 is 1.57 bits per heavy atom. The summed E-state index contributed by atoms with van der Waals surface area (Å²) in [5.74, 6) is 0.189. The fourth-order valence-corrected chi connectivity index (χ4v) is 6.63. The molecule has 0 amide bonds. The average molecular weight is 662 g/mol. The molecule has 2 aromatic rings. The van der Waals surface area contributed by atoms with Crippen LogP contribution in [-0.4, -0.2) is 42.5 Å². The maximum Gasteiger partial charge on any atom is 0.475 e. The molecule has 2 aromatic carbocycles. The Morgan fingerprint density at radius 1 is 0.955 bits per heavy atom. The van der Waals surface area contributed by atoms with Gasteiger partial charge >= 0.3 is 14.0 Å². The van der Waals surface area contributed by atoms with E-state index in [0.717, 1.165) is 17.2 Å². The van der Waals surface area contributed by atoms with Gasteiger partial charge in [0.25, 0.3) is 0 Å². The number of alkyl halides is 3. The molecule has 0 saturated carbocycles. The zero-order valence-electron chi connectivity index (χ0n) is 26.8. The number of benzene rings is 2. The van der Waals surface area contributed by atoms with Gasteiger partial charge in [-0.3, -0.25) is 13.6 Å². The first-order chi connectivity index (χ1) is 20.2. The third kappa shape index (κ3) is 11.4. The largest absolute Gasteiger partial charge is 0.493 e. The second kappa shape index (κ2) is 14.1. The van der Waals surface area contributed by atoms with Crippen molar-refractivity contribution in [2.24, 2.45) is 4.99 Å². The Labute approximate surface area is 264 Å². The molecule has 12 heteroatoms. The summed E-state index contributed by atoms with van der Waals surface area (Å²) in [5, 5.41) is 0.671. The number of aryl methyl sites for hydroxylation is 3. The second-order valence-electron chi connectivity index (χ2n) is 13.1. The lowest BCUT2D eigenvalue weighted by Gasteiger charge is -2.33. The summed E-state index contributed by atoms with van der Waals surface area (Å²) in [6.45, 7) is 14.1. The molecule has 0 spiro atoms. The van der Waals surface area contributed by atoms with E-state index >= 15 is 0 Å². The van der Waals surface area contributed by atoms with Gasteiger partial charge in [0.1, 0.15) is 17.9 Å². The first-order valence-electron chi connectivity index (χ1n) is 14.6. The third-order valence-corrected chi connectivity index (χ3v) is 8.94. The number of phosphoric acid groups is 1. The van der Waals surface area contributed by atoms with Crippen LogP contribution in [0.1, 0.15) is 83.6 Å². The standard InChI is InChI=1S/C32H44ClF3NO6P/c1-22-18-24(11-13-27(22)33)10-9-17-39-28-14-12-25(19-26(28)32(34,35)36)15-16-31(20-40-23(2)37-31)21-41-44(38,42-29(3,4)5)43-30(6,7)8/h11-14,18-19H,9-10,15-17,20-21H2,1-8H3. The Hall–Kier alpha value is -2.10. The zero-order valence-corrected chi connectivity index (χ0v) is 28.4. The van der Waals surface area contributed by atoms with Crippen molar-refractivity contribution in [3.05, 3.63) is 63.7 Å². The van der Waals surface area contributed by atoms with Crippen LogP contribution in [-0.2, 0) is 41.9 Å². The summed E-state index contributed by atoms with van der Waals surface area (Å²) >= 11 is 6.07. The number of ether oxygens (including phenoxy) is 2. The van der Waals surface area contributed by atoms with Gasteiger partial charge < -0.3 is 9.47 Å². The molecular weight excluding hydrogens is 618 g/mol. The van der Waals surface area contributed by atoms with Crippen LogP contribution in [0, 0.1) is 6.92 Å². The number of nitrogens with zero attached hydrogens (tertiary/aromatic N) is 1. The van der Waals surface area contributed by atoms with E-state index in [2.05, 4.69) is 4.99 Å². The molecule has 0 aliphatic carbocycles. The number of halogens is 4. The van der Waals surface area contributed by atoms with E-state index in [9.17, 15) is 17.7 Å². The third-order valence-electron chi connectivity index (χ3n) is 6.53. The van der Waals surface area contributed by atoms with Gasteiger partial charge in [0.05, 0.1) is 30.0 Å². The van der Waals surface area contributed by atoms with Crippen molar-refractivity contribution in [3.8, 4) is 5.75 Å². The molecule has 3 rings (SSSR count).